The summed E-state index contributed by atoms with van der Waals surface area (Å²) in [4.78, 5) is 19.9. The number of rotatable bonds is 5. The third kappa shape index (κ3) is 4.42. The minimum absolute atomic E-state index is 0.144. The molecule has 1 fully saturated rings. The number of aromatic nitrogens is 2. The molecular formula is C18H23FN4O2. The molecule has 7 heteroatoms. The molecular weight excluding hydrogens is 323 g/mol. The van der Waals surface area contributed by atoms with Gasteiger partial charge in [-0.15, -0.1) is 0 Å². The first-order chi connectivity index (χ1) is 12.0. The molecule has 0 atom stereocenters. The molecule has 0 radical (unpaired) electrons. The first kappa shape index (κ1) is 17.5. The van der Waals surface area contributed by atoms with Crippen molar-refractivity contribution < 1.29 is 13.7 Å². The van der Waals surface area contributed by atoms with Gasteiger partial charge in [-0.2, -0.15) is 4.98 Å². The van der Waals surface area contributed by atoms with Gasteiger partial charge in [-0.1, -0.05) is 17.3 Å². The van der Waals surface area contributed by atoms with E-state index in [0.717, 1.165) is 39.1 Å². The van der Waals surface area contributed by atoms with Crippen LogP contribution in [0.1, 0.15) is 24.8 Å². The van der Waals surface area contributed by atoms with Gasteiger partial charge in [-0.3, -0.25) is 9.69 Å². The highest BCUT2D eigenvalue weighted by Crippen LogP contribution is 2.19. The highest BCUT2D eigenvalue weighted by molar-refractivity contribution is 5.73. The molecule has 3 rings (SSSR count). The van der Waals surface area contributed by atoms with Crippen LogP contribution in [-0.4, -0.2) is 58.6 Å². The van der Waals surface area contributed by atoms with E-state index in [9.17, 15) is 9.18 Å². The molecule has 2 aromatic rings. The summed E-state index contributed by atoms with van der Waals surface area (Å²) in [6.45, 7) is 7.65. The van der Waals surface area contributed by atoms with Crippen LogP contribution < -0.4 is 0 Å². The fraction of sp³-hybridized carbons (Fsp3) is 0.500. The normalized spacial score (nSPS) is 15.6. The summed E-state index contributed by atoms with van der Waals surface area (Å²) in [6.07, 6.45) is 1.60. The van der Waals surface area contributed by atoms with Crippen LogP contribution in [0.5, 0.6) is 0 Å². The third-order valence-electron chi connectivity index (χ3n) is 4.58. The third-order valence-corrected chi connectivity index (χ3v) is 4.58. The molecule has 0 aliphatic carbocycles. The van der Waals surface area contributed by atoms with Gasteiger partial charge in [0.1, 0.15) is 5.82 Å². The number of hydrogen-bond donors (Lipinski definition) is 0. The monoisotopic (exact) mass is 346 g/mol. The summed E-state index contributed by atoms with van der Waals surface area (Å²) >= 11 is 0. The first-order valence-corrected chi connectivity index (χ1v) is 8.60. The molecule has 0 saturated carbocycles. The lowest BCUT2D eigenvalue weighted by Gasteiger charge is -2.34. The zero-order valence-electron chi connectivity index (χ0n) is 14.7. The molecule has 1 aliphatic heterocycles. The van der Waals surface area contributed by atoms with Crippen molar-refractivity contribution in [2.75, 3.05) is 32.7 Å². The fourth-order valence-electron chi connectivity index (χ4n) is 2.95. The van der Waals surface area contributed by atoms with Gasteiger partial charge in [0, 0.05) is 45.1 Å². The lowest BCUT2D eigenvalue weighted by Crippen LogP contribution is -2.48. The Labute approximate surface area is 146 Å². The average molecular weight is 346 g/mol. The minimum Gasteiger partial charge on any atom is -0.340 e. The molecule has 1 amide bonds. The van der Waals surface area contributed by atoms with Gasteiger partial charge in [0.15, 0.2) is 0 Å². The number of halogens is 1. The summed E-state index contributed by atoms with van der Waals surface area (Å²) in [6, 6.07) is 4.93. The number of aryl methyl sites for hydroxylation is 2. The summed E-state index contributed by atoms with van der Waals surface area (Å²) in [7, 11) is 0. The topological polar surface area (TPSA) is 62.5 Å². The summed E-state index contributed by atoms with van der Waals surface area (Å²) in [5.74, 6) is 0.862. The molecule has 1 aromatic carbocycles. The van der Waals surface area contributed by atoms with Gasteiger partial charge in [0.05, 0.1) is 0 Å². The lowest BCUT2D eigenvalue weighted by atomic mass is 10.1. The molecule has 0 unspecified atom stereocenters. The van der Waals surface area contributed by atoms with Crippen molar-refractivity contribution in [3.8, 4) is 11.4 Å². The van der Waals surface area contributed by atoms with Crippen molar-refractivity contribution in [2.24, 2.45) is 0 Å². The van der Waals surface area contributed by atoms with Gasteiger partial charge in [-0.05, 0) is 31.5 Å². The number of carbonyl (C=O) groups is 1. The number of hydrogen-bond acceptors (Lipinski definition) is 5. The highest BCUT2D eigenvalue weighted by Gasteiger charge is 2.18. The van der Waals surface area contributed by atoms with Crippen molar-refractivity contribution in [3.05, 3.63) is 35.5 Å². The Morgan fingerprint density at radius 2 is 2.04 bits per heavy atom. The van der Waals surface area contributed by atoms with E-state index in [4.69, 9.17) is 4.52 Å². The maximum Gasteiger partial charge on any atom is 0.227 e. The predicted molar refractivity (Wildman–Crippen MR) is 91.4 cm³/mol. The Bertz CT molecular complexity index is 738. The Kier molecular flexibility index (Phi) is 5.43. The maximum absolute atomic E-state index is 13.6. The van der Waals surface area contributed by atoms with Gasteiger partial charge in [-0.25, -0.2) is 4.39 Å². The Hall–Kier alpha value is -2.28. The number of nitrogens with zero attached hydrogens (tertiary/aromatic N) is 4. The molecule has 134 valence electrons. The number of benzene rings is 1. The van der Waals surface area contributed by atoms with Crippen LogP contribution >= 0.6 is 0 Å². The molecule has 1 saturated heterocycles. The molecule has 6 nitrogen and oxygen atoms in total. The zero-order valence-corrected chi connectivity index (χ0v) is 14.7. The fourth-order valence-corrected chi connectivity index (χ4v) is 2.95. The van der Waals surface area contributed by atoms with Gasteiger partial charge in [0.2, 0.25) is 17.6 Å². The standard InChI is InChI=1S/C18H23FN4O2/c1-13-5-6-15(12-16(13)19)18-20-17(25-21-18)4-3-7-22-8-10-23(11-9-22)14(2)24/h5-6,12H,3-4,7-11H2,1-2H3. The largest absolute Gasteiger partial charge is 0.340 e. The molecule has 1 aliphatic rings. The zero-order chi connectivity index (χ0) is 17.8. The molecule has 25 heavy (non-hydrogen) atoms. The molecule has 0 bridgehead atoms. The van der Waals surface area contributed by atoms with Crippen LogP contribution in [0.3, 0.4) is 0 Å². The van der Waals surface area contributed by atoms with Crippen LogP contribution in [0.2, 0.25) is 0 Å². The molecule has 2 heterocycles. The minimum atomic E-state index is -0.270. The predicted octanol–water partition coefficient (Wildman–Crippen LogP) is 2.28. The van der Waals surface area contributed by atoms with E-state index in [0.29, 0.717) is 29.3 Å². The molecule has 0 N–H and O–H groups in total. The smallest absolute Gasteiger partial charge is 0.227 e. The van der Waals surface area contributed by atoms with E-state index in [1.807, 2.05) is 4.90 Å². The first-order valence-electron chi connectivity index (χ1n) is 8.60. The van der Waals surface area contributed by atoms with E-state index in [2.05, 4.69) is 15.0 Å². The number of amides is 1. The van der Waals surface area contributed by atoms with E-state index in [-0.39, 0.29) is 11.7 Å². The van der Waals surface area contributed by atoms with Gasteiger partial charge < -0.3 is 9.42 Å². The second-order valence-corrected chi connectivity index (χ2v) is 6.43. The van der Waals surface area contributed by atoms with Crippen LogP contribution in [0, 0.1) is 12.7 Å². The maximum atomic E-state index is 13.6. The second kappa shape index (κ2) is 7.74. The van der Waals surface area contributed by atoms with Crippen molar-refractivity contribution in [3.63, 3.8) is 0 Å². The van der Waals surface area contributed by atoms with E-state index < -0.39 is 0 Å². The van der Waals surface area contributed by atoms with Crippen molar-refractivity contribution in [2.45, 2.75) is 26.7 Å². The molecule has 1 aromatic heterocycles. The molecule has 0 spiro atoms. The SMILES string of the molecule is CC(=O)N1CCN(CCCc2nc(-c3ccc(C)c(F)c3)no2)CC1. The van der Waals surface area contributed by atoms with E-state index in [1.54, 1.807) is 26.0 Å². The van der Waals surface area contributed by atoms with Crippen LogP contribution in [-0.2, 0) is 11.2 Å². The van der Waals surface area contributed by atoms with E-state index in [1.165, 1.54) is 6.07 Å². The quantitative estimate of drug-likeness (QED) is 0.831. The van der Waals surface area contributed by atoms with Crippen LogP contribution in [0.4, 0.5) is 4.39 Å². The van der Waals surface area contributed by atoms with Crippen molar-refractivity contribution in [1.29, 1.82) is 0 Å². The summed E-state index contributed by atoms with van der Waals surface area (Å²) in [5, 5.41) is 3.94. The lowest BCUT2D eigenvalue weighted by molar-refractivity contribution is -0.130. The van der Waals surface area contributed by atoms with E-state index >= 15 is 0 Å². The average Bonchev–Trinajstić information content (AvgIpc) is 3.07. The van der Waals surface area contributed by atoms with Crippen molar-refractivity contribution in [1.82, 2.24) is 19.9 Å². The van der Waals surface area contributed by atoms with Crippen molar-refractivity contribution >= 4 is 5.91 Å². The highest BCUT2D eigenvalue weighted by atomic mass is 19.1. The Morgan fingerprint density at radius 3 is 2.72 bits per heavy atom. The number of piperazine rings is 1. The van der Waals surface area contributed by atoms with Crippen LogP contribution in [0.15, 0.2) is 22.7 Å². The van der Waals surface area contributed by atoms with Gasteiger partial charge >= 0.3 is 0 Å². The Morgan fingerprint density at radius 1 is 1.28 bits per heavy atom. The van der Waals surface area contributed by atoms with Gasteiger partial charge in [0.25, 0.3) is 0 Å². The summed E-state index contributed by atoms with van der Waals surface area (Å²) in [5.41, 5.74) is 1.22. The number of carbonyl (C=O) groups excluding carboxylic acids is 1. The Balaban J connectivity index is 1.48. The van der Waals surface area contributed by atoms with Crippen LogP contribution in [0.25, 0.3) is 11.4 Å². The second-order valence-electron chi connectivity index (χ2n) is 6.43. The summed E-state index contributed by atoms with van der Waals surface area (Å²) < 4.78 is 18.9.